The minimum atomic E-state index is -0.247. The summed E-state index contributed by atoms with van der Waals surface area (Å²) in [4.78, 5) is 15.7. The molecule has 2 fully saturated rings. The van der Waals surface area contributed by atoms with Crippen molar-refractivity contribution < 1.29 is 9.18 Å². The second-order valence-corrected chi connectivity index (χ2v) is 10.6. The van der Waals surface area contributed by atoms with Gasteiger partial charge in [-0.15, -0.1) is 0 Å². The summed E-state index contributed by atoms with van der Waals surface area (Å²) in [7, 11) is 0. The molecule has 160 valence electrons. The number of amides is 1. The van der Waals surface area contributed by atoms with E-state index in [9.17, 15) is 9.18 Å². The maximum absolute atomic E-state index is 13.9. The zero-order valence-electron chi connectivity index (χ0n) is 18.4. The Morgan fingerprint density at radius 2 is 1.90 bits per heavy atom. The second-order valence-electron chi connectivity index (χ2n) is 10.6. The highest BCUT2D eigenvalue weighted by Crippen LogP contribution is 2.66. The van der Waals surface area contributed by atoms with Gasteiger partial charge in [0.1, 0.15) is 5.82 Å². The number of halogens is 1. The third kappa shape index (κ3) is 2.98. The minimum Gasteiger partial charge on any atom is -0.353 e. The van der Waals surface area contributed by atoms with Crippen molar-refractivity contribution in [2.24, 2.45) is 28.6 Å². The maximum Gasteiger partial charge on any atom is 0.217 e. The average Bonchev–Trinajstić information content (AvgIpc) is 3.05. The summed E-state index contributed by atoms with van der Waals surface area (Å²) >= 11 is 0. The van der Waals surface area contributed by atoms with Crippen molar-refractivity contribution in [1.82, 2.24) is 10.3 Å². The number of aromatic nitrogens is 1. The van der Waals surface area contributed by atoms with E-state index in [-0.39, 0.29) is 22.6 Å². The first-order chi connectivity index (χ1) is 14.3. The molecule has 6 atom stereocenters. The molecule has 1 aromatic rings. The van der Waals surface area contributed by atoms with Crippen LogP contribution >= 0.6 is 0 Å². The molecule has 0 unspecified atom stereocenters. The first-order valence-electron chi connectivity index (χ1n) is 11.6. The highest BCUT2D eigenvalue weighted by molar-refractivity contribution is 5.73. The highest BCUT2D eigenvalue weighted by Gasteiger charge is 2.56. The van der Waals surface area contributed by atoms with Gasteiger partial charge < -0.3 is 5.32 Å². The summed E-state index contributed by atoms with van der Waals surface area (Å²) in [5.41, 5.74) is 4.24. The predicted octanol–water partition coefficient (Wildman–Crippen LogP) is 5.68. The zero-order valence-corrected chi connectivity index (χ0v) is 18.4. The van der Waals surface area contributed by atoms with Crippen molar-refractivity contribution in [1.29, 1.82) is 0 Å². The number of nitrogens with one attached hydrogen (secondary N) is 1. The van der Waals surface area contributed by atoms with Crippen LogP contribution in [0.1, 0.15) is 71.3 Å². The van der Waals surface area contributed by atoms with Gasteiger partial charge in [-0.25, -0.2) is 4.39 Å². The first kappa shape index (κ1) is 20.0. The summed E-state index contributed by atoms with van der Waals surface area (Å²) < 4.78 is 13.9. The molecule has 30 heavy (non-hydrogen) atoms. The lowest BCUT2D eigenvalue weighted by Crippen LogP contribution is -2.51. The van der Waals surface area contributed by atoms with E-state index in [2.05, 4.69) is 36.3 Å². The molecule has 1 N–H and O–H groups in total. The smallest absolute Gasteiger partial charge is 0.217 e. The molecule has 5 rings (SSSR count). The Labute approximate surface area is 179 Å². The van der Waals surface area contributed by atoms with Crippen molar-refractivity contribution in [3.8, 4) is 0 Å². The number of fused-ring (bicyclic) bond motifs is 5. The summed E-state index contributed by atoms with van der Waals surface area (Å²) in [6.07, 6.45) is 15.9. The molecule has 1 amide bonds. The number of rotatable bonds is 2. The fourth-order valence-corrected chi connectivity index (χ4v) is 7.65. The van der Waals surface area contributed by atoms with Crippen LogP contribution < -0.4 is 5.32 Å². The Hall–Kier alpha value is -1.97. The average molecular weight is 409 g/mol. The molecular weight excluding hydrogens is 375 g/mol. The van der Waals surface area contributed by atoms with E-state index in [4.69, 9.17) is 0 Å². The van der Waals surface area contributed by atoms with Gasteiger partial charge in [0, 0.05) is 19.2 Å². The highest BCUT2D eigenvalue weighted by atomic mass is 19.1. The lowest BCUT2D eigenvalue weighted by molar-refractivity contribution is -0.120. The van der Waals surface area contributed by atoms with Crippen molar-refractivity contribution in [2.75, 3.05) is 0 Å². The molecule has 1 heterocycles. The number of carbonyl (C=O) groups excluding carboxylic acids is 1. The molecule has 4 heteroatoms. The number of pyridine rings is 1. The third-order valence-electron chi connectivity index (χ3n) is 9.11. The van der Waals surface area contributed by atoms with Crippen LogP contribution in [0.2, 0.25) is 0 Å². The van der Waals surface area contributed by atoms with Gasteiger partial charge in [-0.2, -0.15) is 0 Å². The SMILES string of the molecule is CC(=O)N[C@@H]1CC[C@@]2(C)C(=CC[C@@H]3[C@@H]2CC[C@]2(C)C(c4cncc(F)c4)=CC[C@@H]32)C1. The fourth-order valence-electron chi connectivity index (χ4n) is 7.65. The van der Waals surface area contributed by atoms with Crippen LogP contribution in [0.3, 0.4) is 0 Å². The van der Waals surface area contributed by atoms with E-state index < -0.39 is 0 Å². The van der Waals surface area contributed by atoms with Crippen LogP contribution in [0.25, 0.3) is 5.57 Å². The summed E-state index contributed by atoms with van der Waals surface area (Å²) in [5.74, 6) is 1.86. The van der Waals surface area contributed by atoms with Gasteiger partial charge >= 0.3 is 0 Å². The van der Waals surface area contributed by atoms with Gasteiger partial charge in [0.25, 0.3) is 0 Å². The van der Waals surface area contributed by atoms with Crippen LogP contribution in [0.4, 0.5) is 4.39 Å². The van der Waals surface area contributed by atoms with Crippen LogP contribution in [0, 0.1) is 34.4 Å². The fraction of sp³-hybridized carbons (Fsp3) is 0.615. The molecule has 0 spiro atoms. The minimum absolute atomic E-state index is 0.0859. The number of allylic oxidation sites excluding steroid dienone is 3. The van der Waals surface area contributed by atoms with Gasteiger partial charge in [-0.1, -0.05) is 31.6 Å². The quantitative estimate of drug-likeness (QED) is 0.640. The topological polar surface area (TPSA) is 42.0 Å². The monoisotopic (exact) mass is 408 g/mol. The molecular formula is C26H33FN2O. The molecule has 4 aliphatic carbocycles. The van der Waals surface area contributed by atoms with Gasteiger partial charge in [-0.3, -0.25) is 9.78 Å². The standard InChI is InChI=1S/C26H33FN2O/c1-16(30)29-20-8-10-25(2)18(13-20)4-5-21-23-7-6-22(17-12-19(27)15-28-14-17)26(23,3)11-9-24(21)25/h4,6,12,14-15,20-21,23-24H,5,7-11,13H2,1-3H3,(H,29,30)/t20-,21+,23+,24+,25+,26-/m1/s1. The summed E-state index contributed by atoms with van der Waals surface area (Å²) in [6, 6.07) is 1.95. The molecule has 0 aliphatic heterocycles. The van der Waals surface area contributed by atoms with Crippen molar-refractivity contribution in [2.45, 2.75) is 71.8 Å². The van der Waals surface area contributed by atoms with Gasteiger partial charge in [-0.05, 0) is 90.7 Å². The molecule has 0 radical (unpaired) electrons. The number of nitrogens with zero attached hydrogens (tertiary/aromatic N) is 1. The van der Waals surface area contributed by atoms with Crippen molar-refractivity contribution in [3.63, 3.8) is 0 Å². The van der Waals surface area contributed by atoms with Gasteiger partial charge in [0.05, 0.1) is 6.20 Å². The molecule has 1 aromatic heterocycles. The van der Waals surface area contributed by atoms with Crippen LogP contribution in [-0.2, 0) is 4.79 Å². The van der Waals surface area contributed by atoms with E-state index in [1.54, 1.807) is 18.6 Å². The molecule has 4 aliphatic rings. The molecule has 0 bridgehead atoms. The Morgan fingerprint density at radius 1 is 1.10 bits per heavy atom. The zero-order chi connectivity index (χ0) is 21.1. The Morgan fingerprint density at radius 3 is 2.67 bits per heavy atom. The maximum atomic E-state index is 13.9. The lowest BCUT2D eigenvalue weighted by Gasteiger charge is -2.58. The van der Waals surface area contributed by atoms with E-state index in [0.29, 0.717) is 23.8 Å². The van der Waals surface area contributed by atoms with Gasteiger partial charge in [0.2, 0.25) is 5.91 Å². The van der Waals surface area contributed by atoms with E-state index in [1.807, 2.05) is 6.20 Å². The number of hydrogen-bond donors (Lipinski definition) is 1. The third-order valence-corrected chi connectivity index (χ3v) is 9.11. The van der Waals surface area contributed by atoms with Gasteiger partial charge in [0.15, 0.2) is 0 Å². The van der Waals surface area contributed by atoms with Crippen molar-refractivity contribution >= 4 is 11.5 Å². The van der Waals surface area contributed by atoms with E-state index in [1.165, 1.54) is 31.0 Å². The summed E-state index contributed by atoms with van der Waals surface area (Å²) in [5, 5.41) is 3.15. The molecule has 0 saturated heterocycles. The lowest BCUT2D eigenvalue weighted by atomic mass is 9.47. The molecule has 3 nitrogen and oxygen atoms in total. The Balaban J connectivity index is 1.41. The van der Waals surface area contributed by atoms with Crippen molar-refractivity contribution in [3.05, 3.63) is 47.6 Å². The number of carbonyl (C=O) groups is 1. The van der Waals surface area contributed by atoms with Crippen LogP contribution in [-0.4, -0.2) is 16.9 Å². The predicted molar refractivity (Wildman–Crippen MR) is 117 cm³/mol. The Bertz CT molecular complexity index is 937. The van der Waals surface area contributed by atoms with Crippen LogP contribution in [0.15, 0.2) is 36.2 Å². The normalized spacial score (nSPS) is 39.9. The Kier molecular flexibility index (Phi) is 4.68. The summed E-state index contributed by atoms with van der Waals surface area (Å²) in [6.45, 7) is 6.52. The largest absolute Gasteiger partial charge is 0.353 e. The van der Waals surface area contributed by atoms with E-state index in [0.717, 1.165) is 31.2 Å². The van der Waals surface area contributed by atoms with E-state index >= 15 is 0 Å². The molecule has 0 aromatic carbocycles. The first-order valence-corrected chi connectivity index (χ1v) is 11.6. The van der Waals surface area contributed by atoms with Crippen LogP contribution in [0.5, 0.6) is 0 Å². The molecule has 2 saturated carbocycles. The second kappa shape index (κ2) is 7.03. The number of hydrogen-bond acceptors (Lipinski definition) is 2.